The summed E-state index contributed by atoms with van der Waals surface area (Å²) >= 11 is 1.68. The summed E-state index contributed by atoms with van der Waals surface area (Å²) in [5, 5.41) is 4.29. The molecule has 0 spiro atoms. The van der Waals surface area contributed by atoms with Gasteiger partial charge in [0.25, 0.3) is 0 Å². The number of hydrogen-bond donors (Lipinski definition) is 1. The van der Waals surface area contributed by atoms with Crippen LogP contribution in [0.3, 0.4) is 0 Å². The number of ether oxygens (including phenoxy) is 1. The zero-order valence-corrected chi connectivity index (χ0v) is 16.9. The van der Waals surface area contributed by atoms with Crippen molar-refractivity contribution in [2.45, 2.75) is 26.4 Å². The maximum absolute atomic E-state index is 12.3. The fraction of sp³-hybridized carbons (Fsp3) is 0.238. The molecule has 5 heterocycles. The molecule has 4 aromatic rings. The summed E-state index contributed by atoms with van der Waals surface area (Å²) in [5.74, 6) is 0.395. The number of esters is 1. The monoisotopic (exact) mass is 405 g/mol. The molecule has 0 radical (unpaired) electrons. The number of rotatable bonds is 4. The number of anilines is 1. The molecule has 146 valence electrons. The van der Waals surface area contributed by atoms with Gasteiger partial charge in [0.15, 0.2) is 0 Å². The van der Waals surface area contributed by atoms with E-state index in [9.17, 15) is 4.79 Å². The Kier molecular flexibility index (Phi) is 4.28. The number of carbonyl (C=O) groups excluding carboxylic acids is 1. The average molecular weight is 405 g/mol. The van der Waals surface area contributed by atoms with Gasteiger partial charge in [0.1, 0.15) is 11.7 Å². The van der Waals surface area contributed by atoms with Crippen molar-refractivity contribution < 1.29 is 9.53 Å². The van der Waals surface area contributed by atoms with Gasteiger partial charge in [-0.2, -0.15) is 0 Å². The fourth-order valence-electron chi connectivity index (χ4n) is 3.61. The lowest BCUT2D eigenvalue weighted by atomic mass is 10.1. The molecule has 7 nitrogen and oxygen atoms in total. The molecule has 0 saturated heterocycles. The van der Waals surface area contributed by atoms with Gasteiger partial charge in [-0.05, 0) is 38.1 Å². The topological polar surface area (TPSA) is 81.9 Å². The summed E-state index contributed by atoms with van der Waals surface area (Å²) in [4.78, 5) is 27.0. The Hall–Kier alpha value is -3.26. The van der Waals surface area contributed by atoms with Crippen LogP contribution in [-0.2, 0) is 16.1 Å². The molecule has 1 aliphatic rings. The van der Waals surface area contributed by atoms with Crippen LogP contribution < -0.4 is 5.32 Å². The Bertz CT molecular complexity index is 1200. The molecule has 1 aliphatic heterocycles. The van der Waals surface area contributed by atoms with E-state index in [0.717, 1.165) is 37.7 Å². The van der Waals surface area contributed by atoms with Crippen molar-refractivity contribution in [1.29, 1.82) is 0 Å². The summed E-state index contributed by atoms with van der Waals surface area (Å²) in [6.07, 6.45) is 3.66. The van der Waals surface area contributed by atoms with Crippen molar-refractivity contribution in [2.24, 2.45) is 0 Å². The van der Waals surface area contributed by atoms with Gasteiger partial charge in [-0.1, -0.05) is 6.07 Å². The molecule has 5 rings (SSSR count). The molecule has 0 bridgehead atoms. The first-order chi connectivity index (χ1) is 14.1. The van der Waals surface area contributed by atoms with Gasteiger partial charge in [-0.3, -0.25) is 9.97 Å². The molecule has 29 heavy (non-hydrogen) atoms. The summed E-state index contributed by atoms with van der Waals surface area (Å²) in [6, 6.07) is 9.60. The quantitative estimate of drug-likeness (QED) is 0.519. The first kappa shape index (κ1) is 17.8. The molecule has 0 fully saturated rings. The van der Waals surface area contributed by atoms with E-state index in [1.54, 1.807) is 17.5 Å². The highest BCUT2D eigenvalue weighted by Crippen LogP contribution is 2.41. The molecule has 0 aromatic carbocycles. The predicted molar refractivity (Wildman–Crippen MR) is 113 cm³/mol. The largest absolute Gasteiger partial charge is 0.464 e. The van der Waals surface area contributed by atoms with Crippen LogP contribution in [0.5, 0.6) is 0 Å². The van der Waals surface area contributed by atoms with Crippen LogP contribution in [0.2, 0.25) is 0 Å². The van der Waals surface area contributed by atoms with Gasteiger partial charge in [-0.25, -0.2) is 9.78 Å². The third-order valence-corrected chi connectivity index (χ3v) is 6.01. The predicted octanol–water partition coefficient (Wildman–Crippen LogP) is 3.89. The van der Waals surface area contributed by atoms with Gasteiger partial charge in [-0.15, -0.1) is 11.3 Å². The zero-order valence-electron chi connectivity index (χ0n) is 16.0. The standard InChI is InChI=1S/C21H19N5O2S/c1-3-28-20(27)15-11-26-19(17-9-13-10-22-8-7-16(13)29-17)18(25-21(26)24-15)14-6-4-5-12(2)23-14/h4-10,15H,3,11H2,1-2H3,(H,24,25). The molecular formula is C21H19N5O2S. The molecule has 0 amide bonds. The van der Waals surface area contributed by atoms with E-state index in [0.29, 0.717) is 19.1 Å². The van der Waals surface area contributed by atoms with Crippen LogP contribution in [0.4, 0.5) is 5.95 Å². The van der Waals surface area contributed by atoms with Crippen molar-refractivity contribution in [2.75, 3.05) is 11.9 Å². The van der Waals surface area contributed by atoms with E-state index in [4.69, 9.17) is 9.72 Å². The molecule has 1 atom stereocenters. The Morgan fingerprint density at radius 2 is 2.24 bits per heavy atom. The Morgan fingerprint density at radius 1 is 1.34 bits per heavy atom. The van der Waals surface area contributed by atoms with E-state index < -0.39 is 6.04 Å². The number of aryl methyl sites for hydroxylation is 1. The van der Waals surface area contributed by atoms with E-state index >= 15 is 0 Å². The second kappa shape index (κ2) is 6.97. The number of aromatic nitrogens is 4. The lowest BCUT2D eigenvalue weighted by Gasteiger charge is -2.10. The van der Waals surface area contributed by atoms with Gasteiger partial charge in [0, 0.05) is 28.2 Å². The van der Waals surface area contributed by atoms with E-state index in [-0.39, 0.29) is 5.97 Å². The van der Waals surface area contributed by atoms with Gasteiger partial charge in [0.2, 0.25) is 5.95 Å². The average Bonchev–Trinajstić information content (AvgIpc) is 3.39. The lowest BCUT2D eigenvalue weighted by molar-refractivity contribution is -0.144. The van der Waals surface area contributed by atoms with Crippen molar-refractivity contribution in [3.8, 4) is 22.0 Å². The highest BCUT2D eigenvalue weighted by atomic mass is 32.1. The number of fused-ring (bicyclic) bond motifs is 2. The van der Waals surface area contributed by atoms with E-state index in [2.05, 4.69) is 25.9 Å². The Balaban J connectivity index is 1.66. The molecule has 1 N–H and O–H groups in total. The van der Waals surface area contributed by atoms with Gasteiger partial charge >= 0.3 is 5.97 Å². The molecule has 0 saturated carbocycles. The zero-order chi connectivity index (χ0) is 20.0. The first-order valence-corrected chi connectivity index (χ1v) is 10.3. The van der Waals surface area contributed by atoms with Crippen LogP contribution in [-0.4, -0.2) is 38.1 Å². The normalized spacial score (nSPS) is 15.3. The smallest absolute Gasteiger partial charge is 0.330 e. The van der Waals surface area contributed by atoms with Gasteiger partial charge in [0.05, 0.1) is 29.4 Å². The number of nitrogens with one attached hydrogen (secondary N) is 1. The maximum Gasteiger partial charge on any atom is 0.330 e. The summed E-state index contributed by atoms with van der Waals surface area (Å²) in [6.45, 7) is 4.60. The van der Waals surface area contributed by atoms with Crippen molar-refractivity contribution >= 4 is 33.3 Å². The second-order valence-electron chi connectivity index (χ2n) is 6.88. The number of imidazole rings is 1. The molecule has 0 aliphatic carbocycles. The minimum atomic E-state index is -0.438. The van der Waals surface area contributed by atoms with E-state index in [1.807, 2.05) is 44.3 Å². The third-order valence-electron chi connectivity index (χ3n) is 4.89. The Morgan fingerprint density at radius 3 is 3.03 bits per heavy atom. The van der Waals surface area contributed by atoms with Crippen molar-refractivity contribution in [1.82, 2.24) is 19.5 Å². The summed E-state index contributed by atoms with van der Waals surface area (Å²) < 4.78 is 8.40. The molecule has 4 aromatic heterocycles. The SMILES string of the molecule is CCOC(=O)C1Cn2c(nc(-c3cccc(C)n3)c2-c2cc3cnccc3s2)N1. The minimum absolute atomic E-state index is 0.264. The Labute approximate surface area is 171 Å². The highest BCUT2D eigenvalue weighted by Gasteiger charge is 2.34. The molecule has 1 unspecified atom stereocenters. The van der Waals surface area contributed by atoms with Crippen LogP contribution >= 0.6 is 11.3 Å². The summed E-state index contributed by atoms with van der Waals surface area (Å²) in [5.41, 5.74) is 3.50. The van der Waals surface area contributed by atoms with Crippen LogP contribution in [0, 0.1) is 6.92 Å². The van der Waals surface area contributed by atoms with E-state index in [1.165, 1.54) is 0 Å². The third kappa shape index (κ3) is 3.05. The lowest BCUT2D eigenvalue weighted by Crippen LogP contribution is -2.30. The van der Waals surface area contributed by atoms with Crippen LogP contribution in [0.15, 0.2) is 42.7 Å². The highest BCUT2D eigenvalue weighted by molar-refractivity contribution is 7.22. The number of carbonyl (C=O) groups is 1. The van der Waals surface area contributed by atoms with Crippen LogP contribution in [0.1, 0.15) is 12.6 Å². The number of pyridine rings is 2. The fourth-order valence-corrected chi connectivity index (χ4v) is 4.69. The van der Waals surface area contributed by atoms with Gasteiger partial charge < -0.3 is 14.6 Å². The maximum atomic E-state index is 12.3. The van der Waals surface area contributed by atoms with Crippen LogP contribution in [0.25, 0.3) is 32.0 Å². The minimum Gasteiger partial charge on any atom is -0.464 e. The number of thiophene rings is 1. The second-order valence-corrected chi connectivity index (χ2v) is 7.96. The number of hydrogen-bond acceptors (Lipinski definition) is 7. The molecule has 8 heteroatoms. The number of nitrogens with zero attached hydrogens (tertiary/aromatic N) is 4. The summed E-state index contributed by atoms with van der Waals surface area (Å²) in [7, 11) is 0. The first-order valence-electron chi connectivity index (χ1n) is 9.45. The van der Waals surface area contributed by atoms with Crippen molar-refractivity contribution in [3.05, 3.63) is 48.4 Å². The molecular weight excluding hydrogens is 386 g/mol. The van der Waals surface area contributed by atoms with Crippen molar-refractivity contribution in [3.63, 3.8) is 0 Å².